The molecule has 2 amide bonds. The van der Waals surface area contributed by atoms with E-state index in [0.29, 0.717) is 0 Å². The van der Waals surface area contributed by atoms with E-state index in [1.54, 1.807) is 0 Å². The van der Waals surface area contributed by atoms with Crippen LogP contribution in [-0.4, -0.2) is 28.9 Å². The monoisotopic (exact) mass is 296 g/mol. The molecule has 0 spiro atoms. The van der Waals surface area contributed by atoms with Gasteiger partial charge >= 0.3 is 6.09 Å². The molecule has 7 nitrogen and oxygen atoms in total. The van der Waals surface area contributed by atoms with Crippen LogP contribution >= 0.6 is 11.3 Å². The van der Waals surface area contributed by atoms with Crippen LogP contribution in [0.2, 0.25) is 0 Å². The molecule has 4 N–H and O–H groups in total. The maximum atomic E-state index is 11.6. The van der Waals surface area contributed by atoms with Gasteiger partial charge in [0.15, 0.2) is 10.8 Å². The van der Waals surface area contributed by atoms with Crippen molar-refractivity contribution in [2.24, 2.45) is 16.5 Å². The number of carbonyl (C=O) groups is 2. The van der Waals surface area contributed by atoms with Crippen molar-refractivity contribution in [3.05, 3.63) is 16.1 Å². The Hall–Kier alpha value is -1.96. The highest BCUT2D eigenvalue weighted by atomic mass is 32.1. The first-order valence-electron chi connectivity index (χ1n) is 6.36. The van der Waals surface area contributed by atoms with Gasteiger partial charge in [0.05, 0.1) is 0 Å². The molecule has 2 rings (SSSR count). The fourth-order valence-electron chi connectivity index (χ4n) is 2.01. The second kappa shape index (κ2) is 6.47. The van der Waals surface area contributed by atoms with Gasteiger partial charge in [0, 0.05) is 5.38 Å². The van der Waals surface area contributed by atoms with Crippen LogP contribution in [0.25, 0.3) is 0 Å². The third kappa shape index (κ3) is 3.77. The molecule has 0 saturated heterocycles. The van der Waals surface area contributed by atoms with Gasteiger partial charge in [0.2, 0.25) is 0 Å². The van der Waals surface area contributed by atoms with Crippen molar-refractivity contribution >= 4 is 29.2 Å². The van der Waals surface area contributed by atoms with Crippen molar-refractivity contribution in [2.75, 3.05) is 0 Å². The van der Waals surface area contributed by atoms with E-state index in [4.69, 9.17) is 16.2 Å². The lowest BCUT2D eigenvalue weighted by atomic mass is 9.98. The molecule has 1 fully saturated rings. The molecule has 1 saturated carbocycles. The number of nitrogens with zero attached hydrogens (tertiary/aromatic N) is 2. The lowest BCUT2D eigenvalue weighted by molar-refractivity contribution is 0.0833. The van der Waals surface area contributed by atoms with Gasteiger partial charge in [-0.3, -0.25) is 4.79 Å². The van der Waals surface area contributed by atoms with Crippen LogP contribution < -0.4 is 11.5 Å². The summed E-state index contributed by atoms with van der Waals surface area (Å²) in [4.78, 5) is 30.1. The van der Waals surface area contributed by atoms with Crippen LogP contribution in [-0.2, 0) is 4.74 Å². The summed E-state index contributed by atoms with van der Waals surface area (Å²) in [6.45, 7) is 0. The Bertz CT molecular complexity index is 535. The lowest BCUT2D eigenvalue weighted by Crippen LogP contribution is -2.22. The molecular formula is C12H16N4O3S. The predicted octanol–water partition coefficient (Wildman–Crippen LogP) is 1.42. The Morgan fingerprint density at radius 3 is 2.60 bits per heavy atom. The van der Waals surface area contributed by atoms with Gasteiger partial charge in [0.1, 0.15) is 11.8 Å². The second-order valence-corrected chi connectivity index (χ2v) is 5.40. The number of primary amides is 1. The van der Waals surface area contributed by atoms with Crippen LogP contribution in [0.5, 0.6) is 0 Å². The molecular weight excluding hydrogens is 280 g/mol. The smallest absolute Gasteiger partial charge is 0.435 e. The first kappa shape index (κ1) is 14.4. The van der Waals surface area contributed by atoms with Gasteiger partial charge < -0.3 is 16.2 Å². The Labute approximate surface area is 120 Å². The fourth-order valence-corrected chi connectivity index (χ4v) is 2.68. The molecule has 8 heteroatoms. The zero-order valence-electron chi connectivity index (χ0n) is 10.9. The average molecular weight is 296 g/mol. The minimum atomic E-state index is -0.719. The van der Waals surface area contributed by atoms with Gasteiger partial charge in [-0.25, -0.2) is 9.78 Å². The summed E-state index contributed by atoms with van der Waals surface area (Å²) in [5, 5.41) is 1.64. The summed E-state index contributed by atoms with van der Waals surface area (Å²) in [5.41, 5.74) is 11.0. The highest BCUT2D eigenvalue weighted by Crippen LogP contribution is 2.20. The molecule has 1 aliphatic rings. The van der Waals surface area contributed by atoms with Gasteiger partial charge in [-0.15, -0.1) is 11.3 Å². The molecule has 0 radical (unpaired) electrons. The first-order chi connectivity index (χ1) is 9.56. The van der Waals surface area contributed by atoms with Crippen molar-refractivity contribution in [1.82, 2.24) is 4.98 Å². The Morgan fingerprint density at radius 2 is 2.00 bits per heavy atom. The molecule has 0 aromatic carbocycles. The number of hydrogen-bond acceptors (Lipinski definition) is 5. The number of ether oxygens (including phenoxy) is 1. The number of amides is 2. The van der Waals surface area contributed by atoms with Crippen molar-refractivity contribution in [2.45, 2.75) is 38.2 Å². The molecule has 0 unspecified atom stereocenters. The van der Waals surface area contributed by atoms with Crippen molar-refractivity contribution in [1.29, 1.82) is 0 Å². The topological polar surface area (TPSA) is 121 Å². The summed E-state index contributed by atoms with van der Waals surface area (Å²) >= 11 is 1.05. The van der Waals surface area contributed by atoms with Gasteiger partial charge in [-0.05, 0) is 25.7 Å². The predicted molar refractivity (Wildman–Crippen MR) is 74.7 cm³/mol. The fraction of sp³-hybridized carbons (Fsp3) is 0.500. The van der Waals surface area contributed by atoms with Crippen molar-refractivity contribution in [3.8, 4) is 0 Å². The molecule has 0 atom stereocenters. The summed E-state index contributed by atoms with van der Waals surface area (Å²) in [7, 11) is 0. The number of aromatic nitrogens is 1. The van der Waals surface area contributed by atoms with E-state index in [1.807, 2.05) is 0 Å². The van der Waals surface area contributed by atoms with Crippen LogP contribution in [0.1, 0.15) is 47.6 Å². The molecule has 20 heavy (non-hydrogen) atoms. The van der Waals surface area contributed by atoms with Crippen LogP contribution in [0.15, 0.2) is 10.4 Å². The molecule has 1 aliphatic carbocycles. The van der Waals surface area contributed by atoms with E-state index in [1.165, 1.54) is 11.8 Å². The van der Waals surface area contributed by atoms with Gasteiger partial charge in [-0.1, -0.05) is 6.42 Å². The van der Waals surface area contributed by atoms with Crippen LogP contribution in [0, 0.1) is 0 Å². The molecule has 1 aromatic heterocycles. The minimum absolute atomic E-state index is 0.0745. The Morgan fingerprint density at radius 1 is 1.30 bits per heavy atom. The van der Waals surface area contributed by atoms with E-state index in [-0.39, 0.29) is 22.6 Å². The third-order valence-corrected chi connectivity index (χ3v) is 3.87. The lowest BCUT2D eigenvalue weighted by Gasteiger charge is -2.20. The van der Waals surface area contributed by atoms with Gasteiger partial charge in [-0.2, -0.15) is 4.99 Å². The number of amidine groups is 1. The number of aliphatic imine (C=N–C) groups is 1. The normalized spacial score (nSPS) is 16.9. The Kier molecular flexibility index (Phi) is 4.67. The van der Waals surface area contributed by atoms with E-state index in [2.05, 4.69) is 9.98 Å². The summed E-state index contributed by atoms with van der Waals surface area (Å²) in [6, 6.07) is 0. The quantitative estimate of drug-likeness (QED) is 0.645. The number of rotatable bonds is 3. The molecule has 0 aliphatic heterocycles. The third-order valence-electron chi connectivity index (χ3n) is 3.01. The summed E-state index contributed by atoms with van der Waals surface area (Å²) in [6.07, 6.45) is 4.23. The zero-order chi connectivity index (χ0) is 14.5. The number of hydrogen-bond donors (Lipinski definition) is 2. The highest BCUT2D eigenvalue weighted by Gasteiger charge is 2.18. The largest absolute Gasteiger partial charge is 0.445 e. The minimum Gasteiger partial charge on any atom is -0.445 e. The second-order valence-electron chi connectivity index (χ2n) is 4.54. The molecule has 108 valence electrons. The zero-order valence-corrected chi connectivity index (χ0v) is 11.7. The summed E-state index contributed by atoms with van der Waals surface area (Å²) < 4.78 is 5.22. The van der Waals surface area contributed by atoms with E-state index in [9.17, 15) is 9.59 Å². The first-order valence-corrected chi connectivity index (χ1v) is 7.24. The number of carbonyl (C=O) groups excluding carboxylic acids is 2. The van der Waals surface area contributed by atoms with Crippen molar-refractivity contribution < 1.29 is 14.3 Å². The Balaban J connectivity index is 1.97. The van der Waals surface area contributed by atoms with Gasteiger partial charge in [0.25, 0.3) is 5.91 Å². The maximum absolute atomic E-state index is 11.6. The van der Waals surface area contributed by atoms with E-state index < -0.39 is 12.0 Å². The molecule has 1 aromatic rings. The van der Waals surface area contributed by atoms with E-state index >= 15 is 0 Å². The highest BCUT2D eigenvalue weighted by molar-refractivity contribution is 7.11. The maximum Gasteiger partial charge on any atom is 0.435 e. The van der Waals surface area contributed by atoms with Crippen LogP contribution in [0.4, 0.5) is 4.79 Å². The number of nitrogens with two attached hydrogens (primary N) is 2. The van der Waals surface area contributed by atoms with Crippen molar-refractivity contribution in [3.63, 3.8) is 0 Å². The SMILES string of the molecule is NC(=O)c1nc(C(N)=NC(=O)OC2CCCCC2)cs1. The standard InChI is InChI=1S/C12H16N4O3S/c13-9(8-6-20-11(15-8)10(14)17)16-12(18)19-7-4-2-1-3-5-7/h6-7H,1-5H2,(H2,14,17)(H2,13,16,18). The molecule has 0 bridgehead atoms. The number of thiazole rings is 1. The van der Waals surface area contributed by atoms with Crippen LogP contribution in [0.3, 0.4) is 0 Å². The average Bonchev–Trinajstić information content (AvgIpc) is 2.89. The summed E-state index contributed by atoms with van der Waals surface area (Å²) in [5.74, 6) is -0.714. The molecule has 1 heterocycles. The van der Waals surface area contributed by atoms with E-state index in [0.717, 1.165) is 37.0 Å².